The van der Waals surface area contributed by atoms with Crippen LogP contribution >= 0.6 is 24.2 Å². The van der Waals surface area contributed by atoms with E-state index in [1.54, 1.807) is 12.1 Å². The normalized spacial score (nSPS) is 21.1. The maximum atomic E-state index is 14.1. The third-order valence-corrected chi connectivity index (χ3v) is 5.37. The Kier molecular flexibility index (Phi) is 7.65. The highest BCUT2D eigenvalue weighted by Crippen LogP contribution is 2.27. The lowest BCUT2D eigenvalue weighted by molar-refractivity contribution is -0.116. The summed E-state index contributed by atoms with van der Waals surface area (Å²) in [6.07, 6.45) is 4.81. The molecule has 1 unspecified atom stereocenters. The van der Waals surface area contributed by atoms with Gasteiger partial charge in [0.15, 0.2) is 11.6 Å². The Bertz CT molecular complexity index is 549. The molecule has 1 amide bonds. The van der Waals surface area contributed by atoms with E-state index in [1.807, 2.05) is 11.8 Å². The van der Waals surface area contributed by atoms with Crippen LogP contribution in [-0.4, -0.2) is 36.1 Å². The number of amides is 1. The molecule has 0 spiro atoms. The molecule has 3 rings (SSSR count). The summed E-state index contributed by atoms with van der Waals surface area (Å²) in [6.45, 7) is 0.935. The van der Waals surface area contributed by atoms with Gasteiger partial charge in [0, 0.05) is 42.3 Å². The molecule has 2 fully saturated rings. The quantitative estimate of drug-likeness (QED) is 0.826. The van der Waals surface area contributed by atoms with Gasteiger partial charge in [0.2, 0.25) is 5.91 Å². The molecule has 24 heavy (non-hydrogen) atoms. The Morgan fingerprint density at radius 2 is 2.17 bits per heavy atom. The van der Waals surface area contributed by atoms with Gasteiger partial charge in [-0.15, -0.1) is 12.4 Å². The fourth-order valence-electron chi connectivity index (χ4n) is 3.05. The smallest absolute Gasteiger partial charge is 0.225 e. The van der Waals surface area contributed by atoms with Crippen LogP contribution in [0.2, 0.25) is 0 Å². The van der Waals surface area contributed by atoms with Gasteiger partial charge in [-0.25, -0.2) is 4.39 Å². The average Bonchev–Trinajstić information content (AvgIpc) is 3.04. The third kappa shape index (κ3) is 5.53. The molecule has 0 aromatic heterocycles. The second-order valence-electron chi connectivity index (χ2n) is 6.15. The number of halogens is 2. The van der Waals surface area contributed by atoms with Crippen molar-refractivity contribution in [2.75, 3.05) is 23.4 Å². The van der Waals surface area contributed by atoms with Gasteiger partial charge in [-0.05, 0) is 37.8 Å². The van der Waals surface area contributed by atoms with E-state index in [0.717, 1.165) is 43.7 Å². The van der Waals surface area contributed by atoms with Crippen molar-refractivity contribution in [3.63, 3.8) is 0 Å². The number of hydrogen-bond donors (Lipinski definition) is 2. The van der Waals surface area contributed by atoms with Crippen molar-refractivity contribution in [2.24, 2.45) is 0 Å². The molecule has 1 aromatic carbocycles. The van der Waals surface area contributed by atoms with Crippen LogP contribution in [0, 0.1) is 5.82 Å². The second-order valence-corrected chi connectivity index (χ2v) is 7.30. The van der Waals surface area contributed by atoms with Crippen molar-refractivity contribution in [3.05, 3.63) is 24.0 Å². The SMILES string of the molecule is Cl.O=C(CC1CSCCN1)Nc1ccc(OC2CCCC2)c(F)c1. The van der Waals surface area contributed by atoms with E-state index in [4.69, 9.17) is 4.74 Å². The first-order valence-electron chi connectivity index (χ1n) is 8.28. The third-order valence-electron chi connectivity index (χ3n) is 4.24. The number of thioether (sulfide) groups is 1. The first kappa shape index (κ1) is 19.3. The molecule has 2 N–H and O–H groups in total. The van der Waals surface area contributed by atoms with Gasteiger partial charge >= 0.3 is 0 Å². The fourth-order valence-corrected chi connectivity index (χ4v) is 4.00. The maximum Gasteiger partial charge on any atom is 0.225 e. The van der Waals surface area contributed by atoms with Crippen molar-refractivity contribution in [2.45, 2.75) is 44.2 Å². The number of carbonyl (C=O) groups excluding carboxylic acids is 1. The lowest BCUT2D eigenvalue weighted by Gasteiger charge is -2.22. The zero-order valence-corrected chi connectivity index (χ0v) is 15.2. The Balaban J connectivity index is 0.00000208. The van der Waals surface area contributed by atoms with Crippen LogP contribution in [0.15, 0.2) is 18.2 Å². The first-order valence-corrected chi connectivity index (χ1v) is 9.43. The highest BCUT2D eigenvalue weighted by atomic mass is 35.5. The molecule has 134 valence electrons. The van der Waals surface area contributed by atoms with Gasteiger partial charge in [0.25, 0.3) is 0 Å². The molecule has 1 aromatic rings. The van der Waals surface area contributed by atoms with E-state index in [2.05, 4.69) is 10.6 Å². The van der Waals surface area contributed by atoms with Gasteiger partial charge < -0.3 is 15.4 Å². The summed E-state index contributed by atoms with van der Waals surface area (Å²) in [4.78, 5) is 12.0. The van der Waals surface area contributed by atoms with Gasteiger partial charge in [0.1, 0.15) is 0 Å². The van der Waals surface area contributed by atoms with E-state index in [9.17, 15) is 9.18 Å². The minimum Gasteiger partial charge on any atom is -0.487 e. The molecular formula is C17H24ClFN2O2S. The topological polar surface area (TPSA) is 50.4 Å². The van der Waals surface area contributed by atoms with Gasteiger partial charge in [-0.2, -0.15) is 11.8 Å². The van der Waals surface area contributed by atoms with Crippen LogP contribution < -0.4 is 15.4 Å². The summed E-state index contributed by atoms with van der Waals surface area (Å²) in [5.41, 5.74) is 0.481. The molecule has 1 atom stereocenters. The van der Waals surface area contributed by atoms with Crippen molar-refractivity contribution in [1.29, 1.82) is 0 Å². The Morgan fingerprint density at radius 3 is 2.83 bits per heavy atom. The predicted octanol–water partition coefficient (Wildman–Crippen LogP) is 3.60. The van der Waals surface area contributed by atoms with Crippen molar-refractivity contribution >= 4 is 35.8 Å². The van der Waals surface area contributed by atoms with E-state index >= 15 is 0 Å². The number of carbonyl (C=O) groups is 1. The van der Waals surface area contributed by atoms with Gasteiger partial charge in [-0.1, -0.05) is 0 Å². The van der Waals surface area contributed by atoms with Crippen LogP contribution in [0.3, 0.4) is 0 Å². The minimum absolute atomic E-state index is 0. The monoisotopic (exact) mass is 374 g/mol. The molecule has 7 heteroatoms. The molecule has 1 aliphatic carbocycles. The summed E-state index contributed by atoms with van der Waals surface area (Å²) in [6, 6.07) is 4.85. The molecule has 1 aliphatic heterocycles. The van der Waals surface area contributed by atoms with E-state index in [0.29, 0.717) is 12.1 Å². The minimum atomic E-state index is -0.416. The predicted molar refractivity (Wildman–Crippen MR) is 98.9 cm³/mol. The lowest BCUT2D eigenvalue weighted by atomic mass is 10.2. The molecule has 1 heterocycles. The van der Waals surface area contributed by atoms with Crippen LogP contribution in [-0.2, 0) is 4.79 Å². The number of ether oxygens (including phenoxy) is 1. The fraction of sp³-hybridized carbons (Fsp3) is 0.588. The average molecular weight is 375 g/mol. The highest BCUT2D eigenvalue weighted by Gasteiger charge is 2.19. The standard InChI is InChI=1S/C17H23FN2O2S.ClH/c18-15-9-12(5-6-16(15)22-14-3-1-2-4-14)20-17(21)10-13-11-23-8-7-19-13;/h5-6,9,13-14,19H,1-4,7-8,10-11H2,(H,20,21);1H. The number of nitrogens with one attached hydrogen (secondary N) is 2. The summed E-state index contributed by atoms with van der Waals surface area (Å²) in [5, 5.41) is 6.09. The molecular weight excluding hydrogens is 351 g/mol. The molecule has 0 bridgehead atoms. The molecule has 1 saturated carbocycles. The summed E-state index contributed by atoms with van der Waals surface area (Å²) < 4.78 is 19.8. The maximum absolute atomic E-state index is 14.1. The first-order chi connectivity index (χ1) is 11.2. The Hall–Kier alpha value is -0.980. The summed E-state index contributed by atoms with van der Waals surface area (Å²) in [5.74, 6) is 1.80. The van der Waals surface area contributed by atoms with Crippen LogP contribution in [0.5, 0.6) is 5.75 Å². The number of hydrogen-bond acceptors (Lipinski definition) is 4. The van der Waals surface area contributed by atoms with Crippen LogP contribution in [0.1, 0.15) is 32.1 Å². The molecule has 0 radical (unpaired) electrons. The van der Waals surface area contributed by atoms with Crippen LogP contribution in [0.25, 0.3) is 0 Å². The van der Waals surface area contributed by atoms with Crippen LogP contribution in [0.4, 0.5) is 10.1 Å². The number of anilines is 1. The molecule has 1 saturated heterocycles. The van der Waals surface area contributed by atoms with Crippen molar-refractivity contribution < 1.29 is 13.9 Å². The lowest BCUT2D eigenvalue weighted by Crippen LogP contribution is -2.39. The zero-order chi connectivity index (χ0) is 16.1. The second kappa shape index (κ2) is 9.49. The molecule has 2 aliphatic rings. The number of benzene rings is 1. The van der Waals surface area contributed by atoms with Crippen molar-refractivity contribution in [3.8, 4) is 5.75 Å². The number of rotatable bonds is 5. The molecule has 4 nitrogen and oxygen atoms in total. The van der Waals surface area contributed by atoms with E-state index < -0.39 is 5.82 Å². The largest absolute Gasteiger partial charge is 0.487 e. The van der Waals surface area contributed by atoms with Gasteiger partial charge in [0.05, 0.1) is 6.10 Å². The Morgan fingerprint density at radius 1 is 1.38 bits per heavy atom. The summed E-state index contributed by atoms with van der Waals surface area (Å²) in [7, 11) is 0. The van der Waals surface area contributed by atoms with Crippen molar-refractivity contribution in [1.82, 2.24) is 5.32 Å². The zero-order valence-electron chi connectivity index (χ0n) is 13.6. The highest BCUT2D eigenvalue weighted by molar-refractivity contribution is 7.99. The van der Waals surface area contributed by atoms with Gasteiger partial charge in [-0.3, -0.25) is 4.79 Å². The summed E-state index contributed by atoms with van der Waals surface area (Å²) >= 11 is 1.85. The Labute approximate surface area is 152 Å². The van der Waals surface area contributed by atoms with E-state index in [1.165, 1.54) is 6.07 Å². The van der Waals surface area contributed by atoms with E-state index in [-0.39, 0.29) is 36.2 Å².